The number of hydrogen-bond donors (Lipinski definition) is 6. The molecule has 0 saturated carbocycles. The first-order valence-corrected chi connectivity index (χ1v) is 14.4. The number of aromatic nitrogens is 2. The summed E-state index contributed by atoms with van der Waals surface area (Å²) < 4.78 is 0. The molecule has 1 aliphatic rings. The van der Waals surface area contributed by atoms with Gasteiger partial charge in [0.15, 0.2) is 0 Å². The smallest absolute Gasteiger partial charge is 0.326 e. The average molecular weight is 633 g/mol. The number of carboxylic acid groups (broad SMARTS) is 3. The van der Waals surface area contributed by atoms with Crippen LogP contribution in [0.1, 0.15) is 65.5 Å². The maximum Gasteiger partial charge on any atom is 0.326 e. The lowest BCUT2D eigenvalue weighted by Crippen LogP contribution is -2.41. The fraction of sp³-hybridized carbons (Fsp3) is 0.344. The summed E-state index contributed by atoms with van der Waals surface area (Å²) in [5, 5.41) is 39.8. The van der Waals surface area contributed by atoms with Crippen LogP contribution in [0, 0.1) is 18.3 Å². The Labute approximate surface area is 262 Å². The highest BCUT2D eigenvalue weighted by Crippen LogP contribution is 2.39. The molecule has 0 fully saturated rings. The van der Waals surface area contributed by atoms with Gasteiger partial charge in [-0.25, -0.2) is 9.78 Å². The lowest BCUT2D eigenvalue weighted by atomic mass is 9.94. The summed E-state index contributed by atoms with van der Waals surface area (Å²) in [5.74, 6) is -4.53. The van der Waals surface area contributed by atoms with Gasteiger partial charge in [0.25, 0.3) is 11.5 Å². The Morgan fingerprint density at radius 3 is 2.37 bits per heavy atom. The second-order valence-corrected chi connectivity index (χ2v) is 10.9. The van der Waals surface area contributed by atoms with Crippen molar-refractivity contribution in [1.29, 1.82) is 0 Å². The minimum atomic E-state index is -1.60. The quantitative estimate of drug-likeness (QED) is 0.104. The molecule has 0 aliphatic heterocycles. The SMILES string of the molecule is C#CCN(c1ccc(C(=O)N[C@@H](CCC(=O)[C@@H](CCC(=O)O)C(=O)O)C(=O)O)cc1)[C@H]1CCc2cc3nc(CO)[nH]c(=O)c3cc21. The van der Waals surface area contributed by atoms with Crippen molar-refractivity contribution in [2.45, 2.75) is 57.2 Å². The number of benzene rings is 2. The molecule has 1 aliphatic carbocycles. The van der Waals surface area contributed by atoms with Gasteiger partial charge in [0.05, 0.1) is 23.5 Å². The molecule has 0 spiro atoms. The Morgan fingerprint density at radius 1 is 1.04 bits per heavy atom. The zero-order valence-corrected chi connectivity index (χ0v) is 24.6. The molecule has 0 unspecified atom stereocenters. The predicted octanol–water partition coefficient (Wildman–Crippen LogP) is 1.64. The van der Waals surface area contributed by atoms with E-state index < -0.39 is 67.4 Å². The summed E-state index contributed by atoms with van der Waals surface area (Å²) >= 11 is 0. The van der Waals surface area contributed by atoms with Gasteiger partial charge < -0.3 is 35.6 Å². The molecule has 240 valence electrons. The normalized spacial score (nSPS) is 14.9. The van der Waals surface area contributed by atoms with Crippen molar-refractivity contribution >= 4 is 46.2 Å². The van der Waals surface area contributed by atoms with E-state index in [1.807, 2.05) is 11.0 Å². The number of H-pyrrole nitrogens is 1. The molecule has 4 rings (SSSR count). The van der Waals surface area contributed by atoms with E-state index in [9.17, 15) is 44.1 Å². The van der Waals surface area contributed by atoms with Crippen LogP contribution in [0.15, 0.2) is 41.2 Å². The van der Waals surface area contributed by atoms with Crippen LogP contribution in [0.3, 0.4) is 0 Å². The molecule has 14 nitrogen and oxygen atoms in total. The van der Waals surface area contributed by atoms with Crippen molar-refractivity contribution in [2.75, 3.05) is 11.4 Å². The van der Waals surface area contributed by atoms with E-state index in [0.717, 1.165) is 11.1 Å². The van der Waals surface area contributed by atoms with Gasteiger partial charge in [0.2, 0.25) is 0 Å². The van der Waals surface area contributed by atoms with Crippen LogP contribution in [0.2, 0.25) is 0 Å². The van der Waals surface area contributed by atoms with E-state index in [-0.39, 0.29) is 36.0 Å². The number of aliphatic hydroxyl groups excluding tert-OH is 1. The third-order valence-corrected chi connectivity index (χ3v) is 7.93. The van der Waals surface area contributed by atoms with E-state index >= 15 is 0 Å². The molecule has 14 heteroatoms. The van der Waals surface area contributed by atoms with Gasteiger partial charge in [-0.1, -0.05) is 5.92 Å². The largest absolute Gasteiger partial charge is 0.481 e. The third kappa shape index (κ3) is 7.56. The molecule has 3 atom stereocenters. The molecular formula is C32H32N4O10. The molecule has 3 aromatic rings. The second-order valence-electron chi connectivity index (χ2n) is 10.9. The summed E-state index contributed by atoms with van der Waals surface area (Å²) in [6, 6.07) is 8.23. The molecule has 46 heavy (non-hydrogen) atoms. The highest BCUT2D eigenvalue weighted by molar-refractivity contribution is 5.99. The number of carboxylic acids is 3. The number of aliphatic hydroxyl groups is 1. The summed E-state index contributed by atoms with van der Waals surface area (Å²) in [5.41, 5.74) is 2.81. The minimum Gasteiger partial charge on any atom is -0.481 e. The van der Waals surface area contributed by atoms with E-state index in [2.05, 4.69) is 21.2 Å². The van der Waals surface area contributed by atoms with Gasteiger partial charge in [-0.2, -0.15) is 0 Å². The zero-order chi connectivity index (χ0) is 33.5. The van der Waals surface area contributed by atoms with Crippen LogP contribution in [0.5, 0.6) is 0 Å². The number of anilines is 1. The number of aromatic amines is 1. The number of carbonyl (C=O) groups is 5. The molecule has 6 N–H and O–H groups in total. The van der Waals surface area contributed by atoms with E-state index in [1.54, 1.807) is 18.2 Å². The topological polar surface area (TPSA) is 227 Å². The number of nitrogens with one attached hydrogen (secondary N) is 2. The Morgan fingerprint density at radius 2 is 1.76 bits per heavy atom. The van der Waals surface area contributed by atoms with Crippen molar-refractivity contribution in [2.24, 2.45) is 5.92 Å². The fourth-order valence-electron chi connectivity index (χ4n) is 5.60. The fourth-order valence-corrected chi connectivity index (χ4v) is 5.60. The van der Waals surface area contributed by atoms with Crippen LogP contribution < -0.4 is 15.8 Å². The molecular weight excluding hydrogens is 600 g/mol. The van der Waals surface area contributed by atoms with Crippen LogP contribution in [-0.2, 0) is 32.2 Å². The number of ketones is 1. The molecule has 1 heterocycles. The van der Waals surface area contributed by atoms with Gasteiger partial charge in [-0.3, -0.25) is 24.0 Å². The number of fused-ring (bicyclic) bond motifs is 2. The number of hydrogen-bond acceptors (Lipinski definition) is 9. The zero-order valence-electron chi connectivity index (χ0n) is 24.6. The summed E-state index contributed by atoms with van der Waals surface area (Å²) in [4.78, 5) is 80.8. The Balaban J connectivity index is 1.48. The van der Waals surface area contributed by atoms with Gasteiger partial charge in [-0.05, 0) is 73.2 Å². The summed E-state index contributed by atoms with van der Waals surface area (Å²) in [6.07, 6.45) is 5.24. The van der Waals surface area contributed by atoms with Gasteiger partial charge in [0, 0.05) is 24.1 Å². The van der Waals surface area contributed by atoms with E-state index in [1.165, 1.54) is 12.1 Å². The minimum absolute atomic E-state index is 0.127. The summed E-state index contributed by atoms with van der Waals surface area (Å²) in [7, 11) is 0. The van der Waals surface area contributed by atoms with Gasteiger partial charge in [0.1, 0.15) is 30.2 Å². The summed E-state index contributed by atoms with van der Waals surface area (Å²) in [6.45, 7) is -0.181. The van der Waals surface area contributed by atoms with Crippen molar-refractivity contribution in [3.63, 3.8) is 0 Å². The Bertz CT molecular complexity index is 1780. The van der Waals surface area contributed by atoms with Gasteiger partial charge >= 0.3 is 17.9 Å². The molecule has 2 aromatic carbocycles. The van der Waals surface area contributed by atoms with Crippen molar-refractivity contribution in [3.05, 3.63) is 69.3 Å². The van der Waals surface area contributed by atoms with Gasteiger partial charge in [-0.15, -0.1) is 6.42 Å². The first-order chi connectivity index (χ1) is 21.9. The Hall–Kier alpha value is -5.55. The lowest BCUT2D eigenvalue weighted by Gasteiger charge is -2.30. The number of aryl methyl sites for hydroxylation is 1. The molecule has 0 bridgehead atoms. The lowest BCUT2D eigenvalue weighted by molar-refractivity contribution is -0.147. The Kier molecular flexibility index (Phi) is 10.5. The van der Waals surface area contributed by atoms with Crippen molar-refractivity contribution < 1.29 is 44.4 Å². The van der Waals surface area contributed by atoms with Crippen LogP contribution in [-0.4, -0.2) is 72.6 Å². The number of amides is 1. The average Bonchev–Trinajstić information content (AvgIpc) is 3.42. The van der Waals surface area contributed by atoms with Crippen LogP contribution in [0.25, 0.3) is 10.9 Å². The second kappa shape index (κ2) is 14.5. The highest BCUT2D eigenvalue weighted by atomic mass is 16.4. The molecule has 0 radical (unpaired) electrons. The van der Waals surface area contributed by atoms with E-state index in [0.29, 0.717) is 29.4 Å². The van der Waals surface area contributed by atoms with E-state index in [4.69, 9.17) is 11.5 Å². The number of terminal acetylenes is 1. The first kappa shape index (κ1) is 33.3. The number of carbonyl (C=O) groups excluding carboxylic acids is 2. The van der Waals surface area contributed by atoms with Crippen LogP contribution >= 0.6 is 0 Å². The van der Waals surface area contributed by atoms with Crippen molar-refractivity contribution in [1.82, 2.24) is 15.3 Å². The number of aliphatic carboxylic acids is 3. The highest BCUT2D eigenvalue weighted by Gasteiger charge is 2.31. The number of rotatable bonds is 15. The first-order valence-electron chi connectivity index (χ1n) is 14.4. The molecule has 1 amide bonds. The molecule has 0 saturated heterocycles. The number of nitrogens with zero attached hydrogens (tertiary/aromatic N) is 2. The standard InChI is InChI=1S/C32H32N4O10/c1-2-13-36(25-10-5-18-14-24-22(15-21(18)25)30(42)35-27(16-37)33-24)19-6-3-17(4-7-19)29(41)34-23(32(45)46)9-11-26(38)20(31(43)44)8-12-28(39)40/h1,3-4,6-7,14-15,20,23,25,37H,5,8-13,16H2,(H,34,41)(H,39,40)(H,43,44)(H,45,46)(H,33,35,42)/t20-,23+,25+/m1/s1. The predicted molar refractivity (Wildman–Crippen MR) is 163 cm³/mol. The maximum atomic E-state index is 12.9. The van der Waals surface area contributed by atoms with Crippen LogP contribution in [0.4, 0.5) is 5.69 Å². The maximum absolute atomic E-state index is 12.9. The van der Waals surface area contributed by atoms with Crippen molar-refractivity contribution in [3.8, 4) is 12.3 Å². The third-order valence-electron chi connectivity index (χ3n) is 7.93. The molecule has 1 aromatic heterocycles. The monoisotopic (exact) mass is 632 g/mol. The number of Topliss-reactive ketones (excluding diaryl/α,β-unsaturated/α-hetero) is 1.